The van der Waals surface area contributed by atoms with Crippen LogP contribution in [0.5, 0.6) is 5.88 Å². The van der Waals surface area contributed by atoms with Crippen LogP contribution in [0.15, 0.2) is 0 Å². The predicted molar refractivity (Wildman–Crippen MR) is 74.4 cm³/mol. The molecule has 21 heavy (non-hydrogen) atoms. The number of ether oxygens (including phenoxy) is 2. The number of nitrogen functional groups attached to an aromatic ring is 2. The van der Waals surface area contributed by atoms with Crippen LogP contribution in [0.3, 0.4) is 0 Å². The highest BCUT2D eigenvalue weighted by atomic mass is 16.6. The van der Waals surface area contributed by atoms with Crippen molar-refractivity contribution in [2.24, 2.45) is 5.73 Å². The van der Waals surface area contributed by atoms with Crippen molar-refractivity contribution in [2.45, 2.75) is 12.0 Å². The third-order valence-corrected chi connectivity index (χ3v) is 3.71. The lowest BCUT2D eigenvalue weighted by Crippen LogP contribution is -2.51. The topological polar surface area (TPSA) is 143 Å². The van der Waals surface area contributed by atoms with E-state index in [1.54, 1.807) is 4.90 Å². The molecule has 0 unspecified atom stereocenters. The second kappa shape index (κ2) is 5.01. The van der Waals surface area contributed by atoms with Crippen LogP contribution in [0.1, 0.15) is 5.56 Å². The standard InChI is InChI=1S/C12H18N6O3/c13-4-8(19)18-1-2-20-6-12(5-18)3-7-9(14)16-11(15)17-10(7)21-12/h1-6,13H2,(H4,14,15,16,17)/t12-/m0/s1. The van der Waals surface area contributed by atoms with E-state index >= 15 is 0 Å². The Kier molecular flexibility index (Phi) is 3.30. The third kappa shape index (κ3) is 2.45. The number of anilines is 2. The van der Waals surface area contributed by atoms with Crippen LogP contribution in [0.4, 0.5) is 11.8 Å². The molecule has 9 nitrogen and oxygen atoms in total. The first-order chi connectivity index (χ1) is 10.0. The molecule has 2 aliphatic heterocycles. The van der Waals surface area contributed by atoms with Crippen LogP contribution < -0.4 is 21.9 Å². The van der Waals surface area contributed by atoms with Gasteiger partial charge in [0.05, 0.1) is 31.9 Å². The fourth-order valence-corrected chi connectivity index (χ4v) is 2.73. The summed E-state index contributed by atoms with van der Waals surface area (Å²) in [6.07, 6.45) is 0.475. The lowest BCUT2D eigenvalue weighted by Gasteiger charge is -2.30. The van der Waals surface area contributed by atoms with Crippen molar-refractivity contribution in [2.75, 3.05) is 44.3 Å². The molecule has 1 aromatic rings. The molecule has 6 N–H and O–H groups in total. The molecule has 0 aromatic carbocycles. The van der Waals surface area contributed by atoms with E-state index < -0.39 is 5.60 Å². The van der Waals surface area contributed by atoms with Crippen LogP contribution in [-0.2, 0) is 16.0 Å². The molecule has 0 radical (unpaired) electrons. The zero-order chi connectivity index (χ0) is 15.0. The normalized spacial score (nSPS) is 24.5. The van der Waals surface area contributed by atoms with Gasteiger partial charge in [0.15, 0.2) is 5.60 Å². The molecule has 1 saturated heterocycles. The highest BCUT2D eigenvalue weighted by Gasteiger charge is 2.45. The van der Waals surface area contributed by atoms with Crippen LogP contribution in [0, 0.1) is 0 Å². The van der Waals surface area contributed by atoms with Gasteiger partial charge in [0, 0.05) is 13.0 Å². The van der Waals surface area contributed by atoms with Gasteiger partial charge in [0.2, 0.25) is 17.7 Å². The van der Waals surface area contributed by atoms with Crippen LogP contribution >= 0.6 is 0 Å². The molecule has 1 aromatic heterocycles. The first-order valence-electron chi connectivity index (χ1n) is 6.69. The Morgan fingerprint density at radius 1 is 1.38 bits per heavy atom. The summed E-state index contributed by atoms with van der Waals surface area (Å²) in [6.45, 7) is 1.60. The minimum atomic E-state index is -0.708. The number of aromatic nitrogens is 2. The van der Waals surface area contributed by atoms with Gasteiger partial charge in [0.1, 0.15) is 5.82 Å². The van der Waals surface area contributed by atoms with Gasteiger partial charge in [-0.2, -0.15) is 9.97 Å². The number of hydrogen-bond acceptors (Lipinski definition) is 8. The van der Waals surface area contributed by atoms with Gasteiger partial charge in [-0.3, -0.25) is 4.79 Å². The van der Waals surface area contributed by atoms with Crippen molar-refractivity contribution in [1.82, 2.24) is 14.9 Å². The van der Waals surface area contributed by atoms with Crippen molar-refractivity contribution in [3.63, 3.8) is 0 Å². The smallest absolute Gasteiger partial charge is 0.236 e. The molecule has 0 bridgehead atoms. The highest BCUT2D eigenvalue weighted by Crippen LogP contribution is 2.38. The van der Waals surface area contributed by atoms with Gasteiger partial charge in [0.25, 0.3) is 0 Å². The van der Waals surface area contributed by atoms with Crippen molar-refractivity contribution in [3.8, 4) is 5.88 Å². The van der Waals surface area contributed by atoms with Crippen molar-refractivity contribution in [1.29, 1.82) is 0 Å². The molecule has 1 spiro atoms. The monoisotopic (exact) mass is 294 g/mol. The number of amides is 1. The Hall–Kier alpha value is -2.13. The number of nitrogens with zero attached hydrogens (tertiary/aromatic N) is 3. The van der Waals surface area contributed by atoms with Crippen molar-refractivity contribution < 1.29 is 14.3 Å². The molecule has 1 amide bonds. The highest BCUT2D eigenvalue weighted by molar-refractivity contribution is 5.78. The summed E-state index contributed by atoms with van der Waals surface area (Å²) in [5.74, 6) is 0.590. The fraction of sp³-hybridized carbons (Fsp3) is 0.583. The van der Waals surface area contributed by atoms with Crippen LogP contribution in [-0.4, -0.2) is 59.2 Å². The third-order valence-electron chi connectivity index (χ3n) is 3.71. The Morgan fingerprint density at radius 2 is 2.19 bits per heavy atom. The molecule has 114 valence electrons. The molecule has 1 atom stereocenters. The Balaban J connectivity index is 1.88. The average molecular weight is 294 g/mol. The largest absolute Gasteiger partial charge is 0.466 e. The van der Waals surface area contributed by atoms with E-state index in [-0.39, 0.29) is 18.4 Å². The van der Waals surface area contributed by atoms with E-state index in [0.29, 0.717) is 50.0 Å². The maximum Gasteiger partial charge on any atom is 0.236 e. The SMILES string of the molecule is NCC(=O)N1CCOC[C@]2(Cc3c(N)nc(N)nc3O2)C1. The summed E-state index contributed by atoms with van der Waals surface area (Å²) in [4.78, 5) is 21.5. The Labute approximate surface area is 121 Å². The van der Waals surface area contributed by atoms with E-state index in [4.69, 9.17) is 26.7 Å². The lowest BCUT2D eigenvalue weighted by molar-refractivity contribution is -0.131. The summed E-state index contributed by atoms with van der Waals surface area (Å²) in [7, 11) is 0. The molecule has 0 aliphatic carbocycles. The van der Waals surface area contributed by atoms with Gasteiger partial charge in [-0.05, 0) is 0 Å². The van der Waals surface area contributed by atoms with Crippen LogP contribution in [0.25, 0.3) is 0 Å². The molecular weight excluding hydrogens is 276 g/mol. The number of rotatable bonds is 1. The summed E-state index contributed by atoms with van der Waals surface area (Å²) >= 11 is 0. The molecule has 3 heterocycles. The van der Waals surface area contributed by atoms with E-state index in [1.165, 1.54) is 0 Å². The zero-order valence-electron chi connectivity index (χ0n) is 11.5. The number of hydrogen-bond donors (Lipinski definition) is 3. The number of carbonyl (C=O) groups is 1. The summed E-state index contributed by atoms with van der Waals surface area (Å²) in [6, 6.07) is 0. The van der Waals surface area contributed by atoms with Crippen molar-refractivity contribution >= 4 is 17.7 Å². The zero-order valence-corrected chi connectivity index (χ0v) is 11.5. The predicted octanol–water partition coefficient (Wildman–Crippen LogP) is -1.87. The first-order valence-corrected chi connectivity index (χ1v) is 6.69. The molecule has 2 aliphatic rings. The first kappa shape index (κ1) is 13.8. The number of fused-ring (bicyclic) bond motifs is 1. The molecule has 3 rings (SSSR count). The maximum absolute atomic E-state index is 11.9. The summed E-state index contributed by atoms with van der Waals surface area (Å²) < 4.78 is 11.5. The molecule has 0 saturated carbocycles. The Morgan fingerprint density at radius 3 is 2.95 bits per heavy atom. The second-order valence-corrected chi connectivity index (χ2v) is 5.28. The van der Waals surface area contributed by atoms with Crippen LogP contribution in [0.2, 0.25) is 0 Å². The van der Waals surface area contributed by atoms with Gasteiger partial charge in [-0.15, -0.1) is 0 Å². The van der Waals surface area contributed by atoms with Gasteiger partial charge >= 0.3 is 0 Å². The van der Waals surface area contributed by atoms with Gasteiger partial charge < -0.3 is 31.6 Å². The fourth-order valence-electron chi connectivity index (χ4n) is 2.73. The summed E-state index contributed by atoms with van der Waals surface area (Å²) in [5.41, 5.74) is 16.9. The molecule has 9 heteroatoms. The molecular formula is C12H18N6O3. The number of nitrogens with two attached hydrogens (primary N) is 3. The molecule has 1 fully saturated rings. The van der Waals surface area contributed by atoms with E-state index in [1.807, 2.05) is 0 Å². The quantitative estimate of drug-likeness (QED) is 0.547. The number of carbonyl (C=O) groups excluding carboxylic acids is 1. The second-order valence-electron chi connectivity index (χ2n) is 5.28. The minimum Gasteiger partial charge on any atom is -0.466 e. The maximum atomic E-state index is 11.9. The lowest BCUT2D eigenvalue weighted by atomic mass is 9.98. The van der Waals surface area contributed by atoms with E-state index in [9.17, 15) is 4.79 Å². The van der Waals surface area contributed by atoms with Crippen molar-refractivity contribution in [3.05, 3.63) is 5.56 Å². The van der Waals surface area contributed by atoms with E-state index in [2.05, 4.69) is 9.97 Å². The van der Waals surface area contributed by atoms with Gasteiger partial charge in [-0.25, -0.2) is 0 Å². The minimum absolute atomic E-state index is 0.0437. The van der Waals surface area contributed by atoms with Gasteiger partial charge in [-0.1, -0.05) is 0 Å². The Bertz CT molecular complexity index is 580. The van der Waals surface area contributed by atoms with E-state index in [0.717, 1.165) is 0 Å². The summed E-state index contributed by atoms with van der Waals surface area (Å²) in [5, 5.41) is 0. The average Bonchev–Trinajstić information content (AvgIpc) is 2.66.